The second kappa shape index (κ2) is 13.3. The molecule has 284 valence electrons. The van der Waals surface area contributed by atoms with Crippen LogP contribution >= 0.6 is 0 Å². The van der Waals surface area contributed by atoms with Gasteiger partial charge in [0.1, 0.15) is 0 Å². The molecule has 2 aliphatic carbocycles. The summed E-state index contributed by atoms with van der Waals surface area (Å²) in [7, 11) is 0. The molecule has 8 aromatic carbocycles. The fourth-order valence-corrected chi connectivity index (χ4v) is 10.1. The van der Waals surface area contributed by atoms with Gasteiger partial charge in [-0.2, -0.15) is 0 Å². The van der Waals surface area contributed by atoms with Gasteiger partial charge < -0.3 is 9.47 Å². The normalized spacial score (nSPS) is 15.3. The summed E-state index contributed by atoms with van der Waals surface area (Å²) in [5.41, 5.74) is 13.1. The number of esters is 4. The van der Waals surface area contributed by atoms with E-state index in [0.717, 1.165) is 33.4 Å². The number of rotatable bonds is 4. The van der Waals surface area contributed by atoms with Crippen molar-refractivity contribution in [1.29, 1.82) is 0 Å². The zero-order valence-corrected chi connectivity index (χ0v) is 31.9. The molecule has 60 heavy (non-hydrogen) atoms. The molecule has 0 unspecified atom stereocenters. The maximum atomic E-state index is 12.5. The number of fused-ring (bicyclic) bond motifs is 8. The lowest BCUT2D eigenvalue weighted by Crippen LogP contribution is -2.29. The molecule has 0 bridgehead atoms. The van der Waals surface area contributed by atoms with Gasteiger partial charge in [0.15, 0.2) is 0 Å². The summed E-state index contributed by atoms with van der Waals surface area (Å²) in [4.78, 5) is 49.2. The van der Waals surface area contributed by atoms with E-state index in [2.05, 4.69) is 109 Å². The van der Waals surface area contributed by atoms with E-state index >= 15 is 0 Å². The molecular weight excluding hydrogens is 745 g/mol. The highest BCUT2D eigenvalue weighted by Gasteiger charge is 2.48. The minimum atomic E-state index is -0.922. The summed E-state index contributed by atoms with van der Waals surface area (Å²) in [5.74, 6) is -2.72. The third-order valence-corrected chi connectivity index (χ3v) is 12.5. The Kier molecular flexibility index (Phi) is 7.81. The maximum absolute atomic E-state index is 12.5. The minimum absolute atomic E-state index is 0.199. The molecule has 6 heteroatoms. The number of hydrogen-bond donors (Lipinski definition) is 0. The predicted molar refractivity (Wildman–Crippen MR) is 227 cm³/mol. The summed E-state index contributed by atoms with van der Waals surface area (Å²) in [5, 5.41) is 0. The molecule has 0 saturated heterocycles. The smallest absolute Gasteiger partial charge is 0.346 e. The third kappa shape index (κ3) is 4.82. The third-order valence-electron chi connectivity index (χ3n) is 12.5. The molecule has 12 rings (SSSR count). The number of ether oxygens (including phenoxy) is 2. The first-order valence-corrected chi connectivity index (χ1v) is 19.7. The van der Waals surface area contributed by atoms with Crippen LogP contribution in [-0.2, 0) is 20.3 Å². The second-order valence-electron chi connectivity index (χ2n) is 15.3. The quantitative estimate of drug-likeness (QED) is 0.131. The van der Waals surface area contributed by atoms with Gasteiger partial charge in [-0.15, -0.1) is 0 Å². The van der Waals surface area contributed by atoms with Crippen LogP contribution in [0.1, 0.15) is 85.9 Å². The number of carbonyl (C=O) groups excluding carboxylic acids is 4. The van der Waals surface area contributed by atoms with Crippen molar-refractivity contribution in [3.8, 4) is 22.3 Å². The Balaban J connectivity index is 0.000000144. The largest absolute Gasteiger partial charge is 0.386 e. The van der Waals surface area contributed by atoms with Gasteiger partial charge in [-0.05, 0) is 91.0 Å². The number of cyclic esters (lactones) is 4. The first-order valence-electron chi connectivity index (χ1n) is 19.7. The van der Waals surface area contributed by atoms with Crippen LogP contribution in [0.25, 0.3) is 22.3 Å². The number of carbonyl (C=O) groups is 4. The highest BCUT2D eigenvalue weighted by atomic mass is 16.6. The fraction of sp³-hybridized carbons (Fsp3) is 0.0370. The first-order chi connectivity index (χ1) is 29.4. The summed E-state index contributed by atoms with van der Waals surface area (Å²) in [6.07, 6.45) is 0. The van der Waals surface area contributed by atoms with E-state index in [0.29, 0.717) is 0 Å². The van der Waals surface area contributed by atoms with Gasteiger partial charge in [0.05, 0.1) is 33.1 Å². The Labute approximate surface area is 345 Å². The van der Waals surface area contributed by atoms with Crippen LogP contribution < -0.4 is 0 Å². The maximum Gasteiger partial charge on any atom is 0.346 e. The van der Waals surface area contributed by atoms with Crippen molar-refractivity contribution in [2.75, 3.05) is 0 Å². The fourth-order valence-electron chi connectivity index (χ4n) is 10.1. The summed E-state index contributed by atoms with van der Waals surface area (Å²) >= 11 is 0. The van der Waals surface area contributed by atoms with E-state index in [1.54, 1.807) is 24.3 Å². The van der Waals surface area contributed by atoms with Crippen molar-refractivity contribution in [2.24, 2.45) is 0 Å². The molecule has 8 aromatic rings. The molecule has 0 atom stereocenters. The van der Waals surface area contributed by atoms with Gasteiger partial charge in [0.25, 0.3) is 0 Å². The van der Waals surface area contributed by atoms with Gasteiger partial charge in [0, 0.05) is 0 Å². The van der Waals surface area contributed by atoms with E-state index in [-0.39, 0.29) is 27.7 Å². The van der Waals surface area contributed by atoms with Gasteiger partial charge >= 0.3 is 23.9 Å². The number of hydrogen-bond acceptors (Lipinski definition) is 6. The average molecular weight is 777 g/mol. The molecule has 0 fully saturated rings. The van der Waals surface area contributed by atoms with Gasteiger partial charge in [-0.25, -0.2) is 19.2 Å². The first kappa shape index (κ1) is 35.2. The van der Waals surface area contributed by atoms with E-state index in [4.69, 9.17) is 9.47 Å². The monoisotopic (exact) mass is 776 g/mol. The predicted octanol–water partition coefficient (Wildman–Crippen LogP) is 10.7. The average Bonchev–Trinajstić information content (AvgIpc) is 3.98. The van der Waals surface area contributed by atoms with Gasteiger partial charge in [-0.1, -0.05) is 170 Å². The lowest BCUT2D eigenvalue weighted by atomic mass is 9.67. The summed E-state index contributed by atoms with van der Waals surface area (Å²) in [6, 6.07) is 65.6. The highest BCUT2D eigenvalue weighted by molar-refractivity contribution is 6.16. The molecule has 0 radical (unpaired) electrons. The van der Waals surface area contributed by atoms with Gasteiger partial charge in [0.2, 0.25) is 0 Å². The lowest BCUT2D eigenvalue weighted by Gasteiger charge is -2.34. The van der Waals surface area contributed by atoms with E-state index in [9.17, 15) is 19.2 Å². The Morgan fingerprint density at radius 2 is 0.533 bits per heavy atom. The van der Waals surface area contributed by atoms with Crippen molar-refractivity contribution in [1.82, 2.24) is 0 Å². The molecule has 0 spiro atoms. The van der Waals surface area contributed by atoms with Crippen molar-refractivity contribution >= 4 is 23.9 Å². The Morgan fingerprint density at radius 3 is 0.883 bits per heavy atom. The van der Waals surface area contributed by atoms with Crippen LogP contribution in [0.15, 0.2) is 194 Å². The van der Waals surface area contributed by atoms with Crippen molar-refractivity contribution in [3.63, 3.8) is 0 Å². The Bertz CT molecular complexity index is 2920. The molecule has 0 saturated carbocycles. The molecule has 2 heterocycles. The number of benzene rings is 8. The molecule has 0 N–H and O–H groups in total. The van der Waals surface area contributed by atoms with Crippen LogP contribution in [0.4, 0.5) is 0 Å². The Hall–Kier alpha value is -7.96. The zero-order valence-electron chi connectivity index (χ0n) is 31.9. The standard InChI is InChI=1S/C29H14O6.C25H18/c30-25-19-11-9-15(13-21(19)27(32)34-25)29(16-10-12-20-22(14-16)28(33)35-26(20)31)23-7-3-1-5-17(23)18-6-2-4-8-24(18)29;1-3-11-19(12-4-1)25(20-13-5-2-6-14-20)23-17-9-7-15-21(23)22-16-8-10-18-24(22)25/h1-14H;1-18H. The van der Waals surface area contributed by atoms with Gasteiger partial charge in [-0.3, -0.25) is 0 Å². The molecule has 4 aliphatic rings. The topological polar surface area (TPSA) is 86.7 Å². The van der Waals surface area contributed by atoms with Crippen molar-refractivity contribution in [3.05, 3.63) is 261 Å². The lowest BCUT2D eigenvalue weighted by molar-refractivity contribution is 0.0425. The summed E-state index contributed by atoms with van der Waals surface area (Å²) < 4.78 is 9.67. The van der Waals surface area contributed by atoms with E-state index < -0.39 is 29.3 Å². The molecule has 6 nitrogen and oxygen atoms in total. The van der Waals surface area contributed by atoms with Crippen LogP contribution in [-0.4, -0.2) is 23.9 Å². The molecule has 0 aromatic heterocycles. The highest BCUT2D eigenvalue weighted by Crippen LogP contribution is 2.57. The van der Waals surface area contributed by atoms with E-state index in [1.807, 2.05) is 60.7 Å². The molecule has 2 aliphatic heterocycles. The van der Waals surface area contributed by atoms with Crippen molar-refractivity contribution in [2.45, 2.75) is 10.8 Å². The SMILES string of the molecule is O=C1OC(=O)c2cc(C3(c4ccc5c(c4)C(=O)OC5=O)c4ccccc4-c4ccccc43)ccc21.c1ccc(C2(c3ccccc3)c3ccccc3-c3ccccc32)cc1. The van der Waals surface area contributed by atoms with E-state index in [1.165, 1.54) is 33.4 Å². The van der Waals surface area contributed by atoms with Crippen LogP contribution in [0.5, 0.6) is 0 Å². The van der Waals surface area contributed by atoms with Crippen LogP contribution in [0.3, 0.4) is 0 Å². The molecular formula is C54H32O6. The zero-order chi connectivity index (χ0) is 40.6. The second-order valence-corrected chi connectivity index (χ2v) is 15.3. The van der Waals surface area contributed by atoms with Crippen molar-refractivity contribution < 1.29 is 28.7 Å². The minimum Gasteiger partial charge on any atom is -0.386 e. The van der Waals surface area contributed by atoms with Crippen LogP contribution in [0.2, 0.25) is 0 Å². The Morgan fingerprint density at radius 1 is 0.250 bits per heavy atom. The van der Waals surface area contributed by atoms with Crippen LogP contribution in [0, 0.1) is 0 Å². The molecule has 0 amide bonds. The summed E-state index contributed by atoms with van der Waals surface area (Å²) in [6.45, 7) is 0.